The van der Waals surface area contributed by atoms with Gasteiger partial charge in [-0.1, -0.05) is 13.2 Å². The van der Waals surface area contributed by atoms with E-state index < -0.39 is 5.54 Å². The van der Waals surface area contributed by atoms with Crippen LogP contribution in [0.15, 0.2) is 25.3 Å². The molecule has 0 aliphatic carbocycles. The molecule has 0 atom stereocenters. The van der Waals surface area contributed by atoms with E-state index in [0.717, 1.165) is 0 Å². The molecule has 0 bridgehead atoms. The van der Waals surface area contributed by atoms with Crippen molar-refractivity contribution < 1.29 is 14.3 Å². The third-order valence-corrected chi connectivity index (χ3v) is 2.06. The quantitative estimate of drug-likeness (QED) is 0.472. The zero-order valence-corrected chi connectivity index (χ0v) is 11.1. The molecular weight excluding hydrogens is 232 g/mol. The summed E-state index contributed by atoms with van der Waals surface area (Å²) in [7, 11) is 0. The average molecular weight is 254 g/mol. The second kappa shape index (κ2) is 8.47. The summed E-state index contributed by atoms with van der Waals surface area (Å²) in [6.07, 6.45) is 3.17. The number of hydrogen-bond donors (Lipinski definition) is 2. The van der Waals surface area contributed by atoms with E-state index in [1.54, 1.807) is 0 Å². The molecule has 18 heavy (non-hydrogen) atoms. The van der Waals surface area contributed by atoms with E-state index in [1.165, 1.54) is 12.2 Å². The van der Waals surface area contributed by atoms with Crippen molar-refractivity contribution in [1.82, 2.24) is 10.6 Å². The van der Waals surface area contributed by atoms with E-state index in [1.807, 2.05) is 13.8 Å². The third kappa shape index (κ3) is 8.52. The number of carbonyl (C=O) groups excluding carboxylic acids is 2. The van der Waals surface area contributed by atoms with Crippen molar-refractivity contribution in [3.63, 3.8) is 0 Å². The minimum absolute atomic E-state index is 0.187. The van der Waals surface area contributed by atoms with Gasteiger partial charge in [0.15, 0.2) is 0 Å². The summed E-state index contributed by atoms with van der Waals surface area (Å²) >= 11 is 0. The molecule has 0 aliphatic heterocycles. The van der Waals surface area contributed by atoms with Crippen LogP contribution in [0.3, 0.4) is 0 Å². The first-order chi connectivity index (χ1) is 8.41. The molecule has 2 amide bonds. The number of nitrogens with one attached hydrogen (secondary N) is 2. The molecule has 0 aromatic heterocycles. The van der Waals surface area contributed by atoms with Crippen LogP contribution in [0.2, 0.25) is 0 Å². The highest BCUT2D eigenvalue weighted by Crippen LogP contribution is 2.03. The predicted octanol–water partition coefficient (Wildman–Crippen LogP) is 0.776. The van der Waals surface area contributed by atoms with Crippen molar-refractivity contribution in [3.05, 3.63) is 25.3 Å². The first-order valence-corrected chi connectivity index (χ1v) is 5.84. The van der Waals surface area contributed by atoms with E-state index in [4.69, 9.17) is 4.74 Å². The topological polar surface area (TPSA) is 67.4 Å². The molecule has 0 aromatic rings. The lowest BCUT2D eigenvalue weighted by atomic mass is 10.1. The minimum Gasteiger partial charge on any atom is -0.379 e. The molecule has 102 valence electrons. The lowest BCUT2D eigenvalue weighted by molar-refractivity contribution is -0.119. The minimum atomic E-state index is -0.435. The molecule has 0 saturated heterocycles. The highest BCUT2D eigenvalue weighted by Gasteiger charge is 2.19. The zero-order valence-electron chi connectivity index (χ0n) is 11.1. The van der Waals surface area contributed by atoms with Gasteiger partial charge in [-0.3, -0.25) is 9.59 Å². The molecule has 0 saturated carbocycles. The first kappa shape index (κ1) is 16.4. The smallest absolute Gasteiger partial charge is 0.243 e. The van der Waals surface area contributed by atoms with Gasteiger partial charge in [0.05, 0.1) is 12.1 Å². The van der Waals surface area contributed by atoms with Crippen LogP contribution in [0.25, 0.3) is 0 Å². The lowest BCUT2D eigenvalue weighted by Crippen LogP contribution is -2.46. The summed E-state index contributed by atoms with van der Waals surface area (Å²) in [6, 6.07) is 0. The molecule has 0 spiro atoms. The Kier molecular flexibility index (Phi) is 7.71. The summed E-state index contributed by atoms with van der Waals surface area (Å²) < 4.78 is 5.43. The Morgan fingerprint density at radius 2 is 1.83 bits per heavy atom. The fraction of sp³-hybridized carbons (Fsp3) is 0.538. The fourth-order valence-electron chi connectivity index (χ4n) is 1.21. The Morgan fingerprint density at radius 3 is 2.39 bits per heavy atom. The molecule has 5 heteroatoms. The monoisotopic (exact) mass is 254 g/mol. The van der Waals surface area contributed by atoms with Crippen LogP contribution in [-0.2, 0) is 14.3 Å². The Morgan fingerprint density at radius 1 is 1.22 bits per heavy atom. The molecule has 2 N–H and O–H groups in total. The lowest BCUT2D eigenvalue weighted by Gasteiger charge is -2.25. The van der Waals surface area contributed by atoms with Gasteiger partial charge < -0.3 is 15.4 Å². The van der Waals surface area contributed by atoms with Crippen molar-refractivity contribution in [2.24, 2.45) is 0 Å². The van der Waals surface area contributed by atoms with Crippen LogP contribution < -0.4 is 10.6 Å². The van der Waals surface area contributed by atoms with Gasteiger partial charge in [0, 0.05) is 13.2 Å². The predicted molar refractivity (Wildman–Crippen MR) is 71.1 cm³/mol. The third-order valence-electron chi connectivity index (χ3n) is 2.06. The SMILES string of the molecule is C=CC(=O)NCCCOCC(C)(C)NC(=O)C=C. The standard InChI is InChI=1S/C13H22N2O3/c1-5-11(16)14-8-7-9-18-10-13(3,4)15-12(17)6-2/h5-6H,1-2,7-10H2,3-4H3,(H,14,16)(H,15,17). The molecule has 0 aliphatic rings. The highest BCUT2D eigenvalue weighted by molar-refractivity contribution is 5.87. The molecule has 0 rings (SSSR count). The van der Waals surface area contributed by atoms with E-state index in [2.05, 4.69) is 23.8 Å². The van der Waals surface area contributed by atoms with E-state index >= 15 is 0 Å². The number of hydrogen-bond acceptors (Lipinski definition) is 3. The van der Waals surface area contributed by atoms with Gasteiger partial charge >= 0.3 is 0 Å². The van der Waals surface area contributed by atoms with Crippen molar-refractivity contribution in [2.45, 2.75) is 25.8 Å². The normalized spacial score (nSPS) is 10.6. The van der Waals surface area contributed by atoms with Crippen LogP contribution >= 0.6 is 0 Å². The van der Waals surface area contributed by atoms with E-state index in [0.29, 0.717) is 26.2 Å². The number of rotatable bonds is 9. The molecule has 0 unspecified atom stereocenters. The van der Waals surface area contributed by atoms with Crippen LogP contribution in [0.5, 0.6) is 0 Å². The van der Waals surface area contributed by atoms with Gasteiger partial charge in [0.2, 0.25) is 11.8 Å². The molecule has 0 heterocycles. The van der Waals surface area contributed by atoms with Crippen molar-refractivity contribution in [2.75, 3.05) is 19.8 Å². The summed E-state index contributed by atoms with van der Waals surface area (Å²) in [5.74, 6) is -0.407. The fourth-order valence-corrected chi connectivity index (χ4v) is 1.21. The van der Waals surface area contributed by atoms with Gasteiger partial charge in [-0.05, 0) is 32.4 Å². The van der Waals surface area contributed by atoms with Gasteiger partial charge in [-0.15, -0.1) is 0 Å². The highest BCUT2D eigenvalue weighted by atomic mass is 16.5. The largest absolute Gasteiger partial charge is 0.379 e. The Labute approximate surface area is 108 Å². The molecule has 0 aromatic carbocycles. The van der Waals surface area contributed by atoms with Crippen LogP contribution in [0, 0.1) is 0 Å². The van der Waals surface area contributed by atoms with Gasteiger partial charge in [0.25, 0.3) is 0 Å². The molecular formula is C13H22N2O3. The molecule has 5 nitrogen and oxygen atoms in total. The maximum absolute atomic E-state index is 11.1. The van der Waals surface area contributed by atoms with Crippen LogP contribution in [-0.4, -0.2) is 37.1 Å². The van der Waals surface area contributed by atoms with Gasteiger partial charge in [0.1, 0.15) is 0 Å². The number of amides is 2. The Balaban J connectivity index is 3.64. The second-order valence-electron chi connectivity index (χ2n) is 4.48. The number of ether oxygens (including phenoxy) is 1. The average Bonchev–Trinajstić information content (AvgIpc) is 2.32. The van der Waals surface area contributed by atoms with Gasteiger partial charge in [-0.2, -0.15) is 0 Å². The van der Waals surface area contributed by atoms with Crippen LogP contribution in [0.4, 0.5) is 0 Å². The maximum atomic E-state index is 11.1. The molecule has 0 radical (unpaired) electrons. The van der Waals surface area contributed by atoms with Crippen molar-refractivity contribution in [1.29, 1.82) is 0 Å². The van der Waals surface area contributed by atoms with Gasteiger partial charge in [-0.25, -0.2) is 0 Å². The van der Waals surface area contributed by atoms with Crippen molar-refractivity contribution in [3.8, 4) is 0 Å². The maximum Gasteiger partial charge on any atom is 0.243 e. The van der Waals surface area contributed by atoms with Crippen molar-refractivity contribution >= 4 is 11.8 Å². The summed E-state index contributed by atoms with van der Waals surface area (Å²) in [4.78, 5) is 22.0. The zero-order chi connectivity index (χ0) is 14.0. The first-order valence-electron chi connectivity index (χ1n) is 5.84. The second-order valence-corrected chi connectivity index (χ2v) is 4.48. The van der Waals surface area contributed by atoms with E-state index in [-0.39, 0.29) is 11.8 Å². The molecule has 0 fully saturated rings. The summed E-state index contributed by atoms with van der Waals surface area (Å²) in [5, 5.41) is 5.41. The summed E-state index contributed by atoms with van der Waals surface area (Å²) in [5.41, 5.74) is -0.435. The Hall–Kier alpha value is -1.62. The van der Waals surface area contributed by atoms with Crippen LogP contribution in [0.1, 0.15) is 20.3 Å². The number of carbonyl (C=O) groups is 2. The summed E-state index contributed by atoms with van der Waals surface area (Å²) in [6.45, 7) is 11.9. The Bertz CT molecular complexity index is 311. The van der Waals surface area contributed by atoms with E-state index in [9.17, 15) is 9.59 Å².